The minimum atomic E-state index is 0. The molecule has 0 spiro atoms. The van der Waals surface area contributed by atoms with Crippen molar-refractivity contribution in [2.75, 3.05) is 39.8 Å². The van der Waals surface area contributed by atoms with Gasteiger partial charge in [0.15, 0.2) is 5.96 Å². The summed E-state index contributed by atoms with van der Waals surface area (Å²) in [5, 5.41) is 3.71. The van der Waals surface area contributed by atoms with E-state index in [-0.39, 0.29) is 24.0 Å². The number of benzene rings is 1. The second-order valence-electron chi connectivity index (χ2n) is 8.73. The zero-order valence-electron chi connectivity index (χ0n) is 17.5. The third kappa shape index (κ3) is 5.21. The van der Waals surface area contributed by atoms with Gasteiger partial charge in [-0.25, -0.2) is 0 Å². The van der Waals surface area contributed by atoms with Crippen LogP contribution in [0.25, 0.3) is 0 Å². The number of rotatable bonds is 5. The Morgan fingerprint density at radius 2 is 1.86 bits per heavy atom. The molecule has 5 heteroatoms. The summed E-state index contributed by atoms with van der Waals surface area (Å²) in [4.78, 5) is 9.83. The first kappa shape index (κ1) is 21.9. The molecule has 0 radical (unpaired) electrons. The second kappa shape index (κ2) is 10.3. The van der Waals surface area contributed by atoms with E-state index in [9.17, 15) is 0 Å². The Morgan fingerprint density at radius 1 is 1.07 bits per heavy atom. The van der Waals surface area contributed by atoms with Crippen molar-refractivity contribution in [2.24, 2.45) is 16.8 Å². The summed E-state index contributed by atoms with van der Waals surface area (Å²) in [7, 11) is 1.94. The van der Waals surface area contributed by atoms with Crippen molar-refractivity contribution < 1.29 is 0 Å². The molecule has 3 atom stereocenters. The summed E-state index contributed by atoms with van der Waals surface area (Å²) in [6, 6.07) is 12.0. The number of nitrogens with zero attached hydrogens (tertiary/aromatic N) is 3. The van der Waals surface area contributed by atoms with Crippen molar-refractivity contribution in [2.45, 2.75) is 51.0 Å². The van der Waals surface area contributed by atoms with Crippen molar-refractivity contribution in [3.8, 4) is 0 Å². The quantitative estimate of drug-likeness (QED) is 0.377. The lowest BCUT2D eigenvalue weighted by Crippen LogP contribution is -2.49. The molecule has 3 unspecified atom stereocenters. The minimum absolute atomic E-state index is 0. The van der Waals surface area contributed by atoms with Crippen LogP contribution in [0.1, 0.15) is 50.5 Å². The topological polar surface area (TPSA) is 30.9 Å². The van der Waals surface area contributed by atoms with E-state index in [1.165, 1.54) is 50.8 Å². The molecule has 3 aliphatic rings. The van der Waals surface area contributed by atoms with E-state index in [4.69, 9.17) is 0 Å². The molecule has 1 aromatic rings. The molecule has 156 valence electrons. The fourth-order valence-corrected chi connectivity index (χ4v) is 5.15. The Hall–Kier alpha value is -0.820. The normalized spacial score (nSPS) is 28.9. The molecular weight excluding hydrogens is 459 g/mol. The Bertz CT molecular complexity index is 631. The van der Waals surface area contributed by atoms with Gasteiger partial charge in [-0.3, -0.25) is 4.99 Å². The number of hydrogen-bond acceptors (Lipinski definition) is 2. The van der Waals surface area contributed by atoms with Crippen LogP contribution in [-0.4, -0.2) is 61.6 Å². The van der Waals surface area contributed by atoms with Crippen molar-refractivity contribution in [1.29, 1.82) is 0 Å². The molecule has 2 saturated heterocycles. The highest BCUT2D eigenvalue weighted by Gasteiger charge is 2.35. The summed E-state index contributed by atoms with van der Waals surface area (Å²) in [5.74, 6) is 3.29. The number of halogens is 1. The maximum atomic E-state index is 4.62. The van der Waals surface area contributed by atoms with Crippen LogP contribution in [0.2, 0.25) is 0 Å². The molecule has 1 saturated carbocycles. The highest BCUT2D eigenvalue weighted by atomic mass is 127. The number of hydrogen-bond donors (Lipinski definition) is 1. The number of nitrogens with one attached hydrogen (secondary N) is 1. The molecule has 1 aliphatic carbocycles. The lowest BCUT2D eigenvalue weighted by molar-refractivity contribution is 0.215. The van der Waals surface area contributed by atoms with Crippen LogP contribution in [0.15, 0.2) is 35.3 Å². The molecule has 2 heterocycles. The Kier molecular flexibility index (Phi) is 8.03. The molecule has 4 rings (SSSR count). The standard InChI is InChI=1S/C23H36N4.HI/c1-3-19-17-27(14-12-22(19)20-7-5-4-6-8-20)23(24-2)25-15-18-11-13-26(16-18)21-9-10-21;/h4-8,18-19,21-22H,3,9-17H2,1-2H3,(H,24,25);1H. The number of likely N-dealkylation sites (tertiary alicyclic amines) is 2. The van der Waals surface area contributed by atoms with E-state index >= 15 is 0 Å². The highest BCUT2D eigenvalue weighted by Crippen LogP contribution is 2.35. The summed E-state index contributed by atoms with van der Waals surface area (Å²) < 4.78 is 0. The zero-order chi connectivity index (χ0) is 18.6. The van der Waals surface area contributed by atoms with E-state index in [1.807, 2.05) is 7.05 Å². The van der Waals surface area contributed by atoms with Gasteiger partial charge in [0.2, 0.25) is 0 Å². The second-order valence-corrected chi connectivity index (χ2v) is 8.73. The van der Waals surface area contributed by atoms with E-state index < -0.39 is 0 Å². The van der Waals surface area contributed by atoms with Gasteiger partial charge in [-0.15, -0.1) is 24.0 Å². The predicted octanol–water partition coefficient (Wildman–Crippen LogP) is 4.18. The molecule has 1 N–H and O–H groups in total. The SMILES string of the molecule is CCC1CN(C(=NC)NCC2CCN(C3CC3)C2)CCC1c1ccccc1.I. The van der Waals surface area contributed by atoms with E-state index in [0.717, 1.165) is 37.6 Å². The van der Waals surface area contributed by atoms with Gasteiger partial charge in [0.1, 0.15) is 0 Å². The number of aliphatic imine (C=N–C) groups is 1. The van der Waals surface area contributed by atoms with Crippen LogP contribution in [0.3, 0.4) is 0 Å². The average Bonchev–Trinajstić information content (AvgIpc) is 3.47. The molecule has 4 nitrogen and oxygen atoms in total. The smallest absolute Gasteiger partial charge is 0.193 e. The maximum Gasteiger partial charge on any atom is 0.193 e. The third-order valence-electron chi connectivity index (χ3n) is 6.93. The van der Waals surface area contributed by atoms with Crippen molar-refractivity contribution in [3.05, 3.63) is 35.9 Å². The van der Waals surface area contributed by atoms with Gasteiger partial charge in [-0.2, -0.15) is 0 Å². The van der Waals surface area contributed by atoms with Gasteiger partial charge >= 0.3 is 0 Å². The molecular formula is C23H37IN4. The Balaban J connectivity index is 0.00000225. The van der Waals surface area contributed by atoms with Crippen molar-refractivity contribution in [3.63, 3.8) is 0 Å². The Labute approximate surface area is 188 Å². The molecule has 3 fully saturated rings. The van der Waals surface area contributed by atoms with Crippen LogP contribution in [0, 0.1) is 11.8 Å². The summed E-state index contributed by atoms with van der Waals surface area (Å²) >= 11 is 0. The summed E-state index contributed by atoms with van der Waals surface area (Å²) in [6.07, 6.45) is 6.65. The Morgan fingerprint density at radius 3 is 2.54 bits per heavy atom. The van der Waals surface area contributed by atoms with E-state index in [2.05, 4.69) is 57.4 Å². The van der Waals surface area contributed by atoms with Gasteiger partial charge in [0.05, 0.1) is 0 Å². The lowest BCUT2D eigenvalue weighted by Gasteiger charge is -2.40. The van der Waals surface area contributed by atoms with Crippen LogP contribution in [0.5, 0.6) is 0 Å². The largest absolute Gasteiger partial charge is 0.356 e. The fourth-order valence-electron chi connectivity index (χ4n) is 5.15. The summed E-state index contributed by atoms with van der Waals surface area (Å²) in [5.41, 5.74) is 1.51. The van der Waals surface area contributed by atoms with Crippen molar-refractivity contribution >= 4 is 29.9 Å². The first-order chi connectivity index (χ1) is 13.3. The molecule has 28 heavy (non-hydrogen) atoms. The molecule has 0 aromatic heterocycles. The summed E-state index contributed by atoms with van der Waals surface area (Å²) in [6.45, 7) is 8.22. The zero-order valence-corrected chi connectivity index (χ0v) is 19.8. The van der Waals surface area contributed by atoms with Gasteiger partial charge in [-0.1, -0.05) is 43.7 Å². The number of piperidine rings is 1. The van der Waals surface area contributed by atoms with Gasteiger partial charge < -0.3 is 15.1 Å². The van der Waals surface area contributed by atoms with Gasteiger partial charge in [0, 0.05) is 39.3 Å². The van der Waals surface area contributed by atoms with Gasteiger partial charge in [0.25, 0.3) is 0 Å². The van der Waals surface area contributed by atoms with E-state index in [0.29, 0.717) is 11.8 Å². The first-order valence-corrected chi connectivity index (χ1v) is 11.0. The van der Waals surface area contributed by atoms with Crippen LogP contribution in [0.4, 0.5) is 0 Å². The van der Waals surface area contributed by atoms with Crippen LogP contribution >= 0.6 is 24.0 Å². The monoisotopic (exact) mass is 496 g/mol. The number of guanidine groups is 1. The van der Waals surface area contributed by atoms with Gasteiger partial charge in [-0.05, 0) is 55.5 Å². The van der Waals surface area contributed by atoms with E-state index in [1.54, 1.807) is 0 Å². The predicted molar refractivity (Wildman–Crippen MR) is 129 cm³/mol. The lowest BCUT2D eigenvalue weighted by atomic mass is 9.79. The van der Waals surface area contributed by atoms with Crippen LogP contribution < -0.4 is 5.32 Å². The van der Waals surface area contributed by atoms with Crippen molar-refractivity contribution in [1.82, 2.24) is 15.1 Å². The molecule has 0 bridgehead atoms. The van der Waals surface area contributed by atoms with Crippen LogP contribution in [-0.2, 0) is 0 Å². The molecule has 2 aliphatic heterocycles. The highest BCUT2D eigenvalue weighted by molar-refractivity contribution is 14.0. The average molecular weight is 496 g/mol. The third-order valence-corrected chi connectivity index (χ3v) is 6.93. The fraction of sp³-hybridized carbons (Fsp3) is 0.696. The molecule has 1 aromatic carbocycles. The maximum absolute atomic E-state index is 4.62. The molecule has 0 amide bonds. The first-order valence-electron chi connectivity index (χ1n) is 11.0. The minimum Gasteiger partial charge on any atom is -0.356 e.